The van der Waals surface area contributed by atoms with Crippen LogP contribution in [0.3, 0.4) is 0 Å². The number of likely N-dealkylation sites (N-methyl/N-ethyl adjacent to an activating group) is 1. The molecule has 0 aliphatic heterocycles. The van der Waals surface area contributed by atoms with Crippen LogP contribution in [0.1, 0.15) is 40.0 Å². The second kappa shape index (κ2) is 5.14. The molecule has 1 saturated carbocycles. The Morgan fingerprint density at radius 3 is 2.33 bits per heavy atom. The van der Waals surface area contributed by atoms with E-state index in [0.717, 1.165) is 6.42 Å². The van der Waals surface area contributed by atoms with E-state index in [9.17, 15) is 9.90 Å². The van der Waals surface area contributed by atoms with Crippen molar-refractivity contribution >= 4 is 11.7 Å². The van der Waals surface area contributed by atoms with Gasteiger partial charge in [-0.25, -0.2) is 0 Å². The molecule has 1 aliphatic carbocycles. The number of nitrogens with zero attached hydrogens (tertiary/aromatic N) is 2. The molecule has 1 fully saturated rings. The maximum absolute atomic E-state index is 12.5. The summed E-state index contributed by atoms with van der Waals surface area (Å²) >= 11 is 0. The minimum Gasteiger partial charge on any atom is -0.409 e. The van der Waals surface area contributed by atoms with Gasteiger partial charge >= 0.3 is 0 Å². The van der Waals surface area contributed by atoms with E-state index in [1.807, 2.05) is 6.92 Å². The van der Waals surface area contributed by atoms with Gasteiger partial charge in [0, 0.05) is 13.1 Å². The van der Waals surface area contributed by atoms with Crippen LogP contribution in [0.5, 0.6) is 0 Å². The largest absolute Gasteiger partial charge is 0.409 e. The molecular formula is C12H23N3O3. The molecule has 0 radical (unpaired) electrons. The van der Waals surface area contributed by atoms with Gasteiger partial charge in [-0.2, -0.15) is 0 Å². The Morgan fingerprint density at radius 1 is 1.50 bits per heavy atom. The molecule has 0 spiro atoms. The molecule has 1 rings (SSSR count). The van der Waals surface area contributed by atoms with Crippen molar-refractivity contribution in [2.24, 2.45) is 16.3 Å². The van der Waals surface area contributed by atoms with Crippen molar-refractivity contribution in [3.05, 3.63) is 0 Å². The minimum atomic E-state index is -0.957. The Labute approximate surface area is 107 Å². The highest BCUT2D eigenvalue weighted by atomic mass is 16.4. The van der Waals surface area contributed by atoms with Gasteiger partial charge in [0.25, 0.3) is 0 Å². The average molecular weight is 257 g/mol. The summed E-state index contributed by atoms with van der Waals surface area (Å²) in [6.07, 6.45) is 2.09. The number of rotatable bonds is 5. The van der Waals surface area contributed by atoms with Crippen molar-refractivity contribution in [2.45, 2.75) is 45.6 Å². The van der Waals surface area contributed by atoms with Crippen LogP contribution in [0.15, 0.2) is 5.16 Å². The number of amides is 1. The van der Waals surface area contributed by atoms with Crippen LogP contribution in [0, 0.1) is 5.41 Å². The van der Waals surface area contributed by atoms with Gasteiger partial charge in [0.05, 0.1) is 5.60 Å². The van der Waals surface area contributed by atoms with Gasteiger partial charge < -0.3 is 20.9 Å². The SMILES string of the molecule is CCN(CC(C)(C)O)C(=O)C1(C(N)=NO)CCC1. The lowest BCUT2D eigenvalue weighted by molar-refractivity contribution is -0.145. The number of carbonyl (C=O) groups is 1. The standard InChI is InChI=1S/C12H23N3O3/c1-4-15(8-11(2,3)17)10(16)12(6-5-7-12)9(13)14-18/h17-18H,4-8H2,1-3H3,(H2,13,14). The van der Waals surface area contributed by atoms with E-state index >= 15 is 0 Å². The Hall–Kier alpha value is -1.30. The lowest BCUT2D eigenvalue weighted by atomic mass is 9.66. The van der Waals surface area contributed by atoms with Gasteiger partial charge in [-0.3, -0.25) is 4.79 Å². The number of amidine groups is 1. The topological polar surface area (TPSA) is 99.2 Å². The van der Waals surface area contributed by atoms with Crippen molar-refractivity contribution in [1.29, 1.82) is 0 Å². The smallest absolute Gasteiger partial charge is 0.236 e. The molecule has 0 heterocycles. The van der Waals surface area contributed by atoms with Crippen molar-refractivity contribution in [3.63, 3.8) is 0 Å². The van der Waals surface area contributed by atoms with E-state index in [2.05, 4.69) is 5.16 Å². The first-order valence-electron chi connectivity index (χ1n) is 6.26. The van der Waals surface area contributed by atoms with E-state index in [0.29, 0.717) is 19.4 Å². The van der Waals surface area contributed by atoms with Crippen LogP contribution in [-0.4, -0.2) is 45.6 Å². The third kappa shape index (κ3) is 2.75. The predicted octanol–water partition coefficient (Wildman–Crippen LogP) is 0.523. The second-order valence-corrected chi connectivity index (χ2v) is 5.55. The number of carbonyl (C=O) groups excluding carboxylic acids is 1. The lowest BCUT2D eigenvalue weighted by Gasteiger charge is -2.43. The summed E-state index contributed by atoms with van der Waals surface area (Å²) in [6, 6.07) is 0. The Bertz CT molecular complexity index is 343. The quantitative estimate of drug-likeness (QED) is 0.289. The fourth-order valence-electron chi connectivity index (χ4n) is 2.30. The molecule has 0 aromatic carbocycles. The highest BCUT2D eigenvalue weighted by molar-refractivity contribution is 6.07. The molecule has 18 heavy (non-hydrogen) atoms. The number of oxime groups is 1. The van der Waals surface area contributed by atoms with Crippen LogP contribution in [-0.2, 0) is 4.79 Å². The number of hydrogen-bond donors (Lipinski definition) is 3. The predicted molar refractivity (Wildman–Crippen MR) is 68.2 cm³/mol. The van der Waals surface area contributed by atoms with Crippen LogP contribution in [0.4, 0.5) is 0 Å². The molecule has 1 aliphatic rings. The van der Waals surface area contributed by atoms with Gasteiger partial charge in [0.15, 0.2) is 5.84 Å². The maximum Gasteiger partial charge on any atom is 0.236 e. The summed E-state index contributed by atoms with van der Waals surface area (Å²) in [5.41, 5.74) is 3.84. The van der Waals surface area contributed by atoms with E-state index < -0.39 is 11.0 Å². The summed E-state index contributed by atoms with van der Waals surface area (Å²) in [5.74, 6) is -0.179. The highest BCUT2D eigenvalue weighted by Crippen LogP contribution is 2.42. The zero-order valence-electron chi connectivity index (χ0n) is 11.3. The molecule has 0 aromatic rings. The van der Waals surface area contributed by atoms with Gasteiger partial charge in [0.2, 0.25) is 5.91 Å². The zero-order chi connectivity index (χ0) is 14.0. The summed E-state index contributed by atoms with van der Waals surface area (Å²) in [6.45, 7) is 5.88. The van der Waals surface area contributed by atoms with E-state index in [4.69, 9.17) is 10.9 Å². The molecule has 4 N–H and O–H groups in total. The molecular weight excluding hydrogens is 234 g/mol. The van der Waals surface area contributed by atoms with Crippen molar-refractivity contribution in [1.82, 2.24) is 4.90 Å². The third-order valence-corrected chi connectivity index (χ3v) is 3.46. The van der Waals surface area contributed by atoms with E-state index in [-0.39, 0.29) is 18.3 Å². The van der Waals surface area contributed by atoms with E-state index in [1.165, 1.54) is 0 Å². The third-order valence-electron chi connectivity index (χ3n) is 3.46. The lowest BCUT2D eigenvalue weighted by Crippen LogP contribution is -2.57. The Kier molecular flexibility index (Phi) is 4.21. The van der Waals surface area contributed by atoms with Crippen LogP contribution >= 0.6 is 0 Å². The van der Waals surface area contributed by atoms with Crippen LogP contribution < -0.4 is 5.73 Å². The Morgan fingerprint density at radius 2 is 2.06 bits per heavy atom. The molecule has 0 aromatic heterocycles. The molecule has 6 nitrogen and oxygen atoms in total. The van der Waals surface area contributed by atoms with E-state index in [1.54, 1.807) is 18.7 Å². The molecule has 0 unspecified atom stereocenters. The molecule has 0 saturated heterocycles. The Balaban J connectivity index is 2.89. The van der Waals surface area contributed by atoms with Gasteiger partial charge in [-0.05, 0) is 33.6 Å². The summed E-state index contributed by atoms with van der Waals surface area (Å²) in [7, 11) is 0. The number of nitrogens with two attached hydrogens (primary N) is 1. The van der Waals surface area contributed by atoms with Crippen molar-refractivity contribution in [2.75, 3.05) is 13.1 Å². The highest BCUT2D eigenvalue weighted by Gasteiger charge is 2.50. The second-order valence-electron chi connectivity index (χ2n) is 5.55. The van der Waals surface area contributed by atoms with Crippen LogP contribution in [0.2, 0.25) is 0 Å². The van der Waals surface area contributed by atoms with Crippen molar-refractivity contribution in [3.8, 4) is 0 Å². The van der Waals surface area contributed by atoms with Gasteiger partial charge in [0.1, 0.15) is 5.41 Å². The molecule has 0 atom stereocenters. The first kappa shape index (κ1) is 14.8. The minimum absolute atomic E-state index is 0.0204. The maximum atomic E-state index is 12.5. The van der Waals surface area contributed by atoms with Gasteiger partial charge in [-0.15, -0.1) is 0 Å². The molecule has 1 amide bonds. The summed E-state index contributed by atoms with van der Waals surface area (Å²) < 4.78 is 0. The van der Waals surface area contributed by atoms with Crippen LogP contribution in [0.25, 0.3) is 0 Å². The fourth-order valence-corrected chi connectivity index (χ4v) is 2.30. The zero-order valence-corrected chi connectivity index (χ0v) is 11.3. The monoisotopic (exact) mass is 257 g/mol. The number of hydrogen-bond acceptors (Lipinski definition) is 4. The van der Waals surface area contributed by atoms with Gasteiger partial charge in [-0.1, -0.05) is 11.6 Å². The normalized spacial score (nSPS) is 19.2. The first-order chi connectivity index (χ1) is 8.27. The molecule has 104 valence electrons. The number of aliphatic hydroxyl groups is 1. The summed E-state index contributed by atoms with van der Waals surface area (Å²) in [5, 5.41) is 21.6. The van der Waals surface area contributed by atoms with Crippen molar-refractivity contribution < 1.29 is 15.1 Å². The average Bonchev–Trinajstić information content (AvgIpc) is 2.22. The molecule has 6 heteroatoms. The first-order valence-corrected chi connectivity index (χ1v) is 6.26. The fraction of sp³-hybridized carbons (Fsp3) is 0.833. The molecule has 0 bridgehead atoms. The summed E-state index contributed by atoms with van der Waals surface area (Å²) in [4.78, 5) is 14.1.